The predicted octanol–water partition coefficient (Wildman–Crippen LogP) is 0.812. The van der Waals surface area contributed by atoms with Crippen molar-refractivity contribution in [3.63, 3.8) is 0 Å². The second kappa shape index (κ2) is 6.55. The molecule has 1 fully saturated rings. The smallest absolute Gasteiger partial charge is 0.338 e. The van der Waals surface area contributed by atoms with Gasteiger partial charge in [0.1, 0.15) is 0 Å². The summed E-state index contributed by atoms with van der Waals surface area (Å²) < 4.78 is 32.0. The van der Waals surface area contributed by atoms with E-state index in [-0.39, 0.29) is 16.5 Å². The van der Waals surface area contributed by atoms with Crippen LogP contribution in [0.5, 0.6) is 0 Å². The standard InChI is InChI=1S/C14H20N2O4S/c1-10-12(14(17)20-2)6-3-7-13(10)21(18,19)16-9-11-5-4-8-15-11/h3,6-7,11,15-16H,4-5,8-9H2,1-2H3. The number of sulfonamides is 1. The third-order valence-corrected chi connectivity index (χ3v) is 5.23. The van der Waals surface area contributed by atoms with E-state index in [0.717, 1.165) is 19.4 Å². The summed E-state index contributed by atoms with van der Waals surface area (Å²) in [4.78, 5) is 11.7. The molecule has 2 N–H and O–H groups in total. The van der Waals surface area contributed by atoms with Gasteiger partial charge < -0.3 is 10.1 Å². The van der Waals surface area contributed by atoms with Crippen LogP contribution >= 0.6 is 0 Å². The third-order valence-electron chi connectivity index (χ3n) is 3.66. The molecule has 1 aliphatic rings. The van der Waals surface area contributed by atoms with Crippen LogP contribution in [0, 0.1) is 6.92 Å². The molecule has 0 aliphatic carbocycles. The van der Waals surface area contributed by atoms with Gasteiger partial charge >= 0.3 is 5.97 Å². The van der Waals surface area contributed by atoms with Crippen molar-refractivity contribution in [2.75, 3.05) is 20.2 Å². The van der Waals surface area contributed by atoms with Gasteiger partial charge in [0.05, 0.1) is 17.6 Å². The molecule has 116 valence electrons. The zero-order chi connectivity index (χ0) is 15.5. The summed E-state index contributed by atoms with van der Waals surface area (Å²) in [6.07, 6.45) is 2.02. The lowest BCUT2D eigenvalue weighted by molar-refractivity contribution is 0.0599. The fourth-order valence-corrected chi connectivity index (χ4v) is 3.80. The summed E-state index contributed by atoms with van der Waals surface area (Å²) in [7, 11) is -2.37. The first-order chi connectivity index (χ1) is 9.95. The number of benzene rings is 1. The number of esters is 1. The van der Waals surface area contributed by atoms with Crippen LogP contribution in [-0.2, 0) is 14.8 Å². The van der Waals surface area contributed by atoms with Gasteiger partial charge in [0.25, 0.3) is 0 Å². The van der Waals surface area contributed by atoms with Crippen molar-refractivity contribution in [1.29, 1.82) is 0 Å². The molecule has 0 amide bonds. The van der Waals surface area contributed by atoms with Gasteiger partial charge in [0.15, 0.2) is 0 Å². The lowest BCUT2D eigenvalue weighted by Crippen LogP contribution is -2.37. The van der Waals surface area contributed by atoms with Crippen molar-refractivity contribution in [3.8, 4) is 0 Å². The van der Waals surface area contributed by atoms with Crippen LogP contribution in [0.3, 0.4) is 0 Å². The maximum absolute atomic E-state index is 12.4. The van der Waals surface area contributed by atoms with Gasteiger partial charge in [-0.1, -0.05) is 6.07 Å². The number of carbonyl (C=O) groups is 1. The first-order valence-electron chi connectivity index (χ1n) is 6.86. The Labute approximate surface area is 124 Å². The minimum atomic E-state index is -3.64. The van der Waals surface area contributed by atoms with E-state index >= 15 is 0 Å². The number of rotatable bonds is 5. The number of nitrogens with one attached hydrogen (secondary N) is 2. The normalized spacial score (nSPS) is 18.7. The summed E-state index contributed by atoms with van der Waals surface area (Å²) in [5.74, 6) is -0.540. The molecule has 6 nitrogen and oxygen atoms in total. The second-order valence-corrected chi connectivity index (χ2v) is 6.80. The zero-order valence-electron chi connectivity index (χ0n) is 12.2. The second-order valence-electron chi connectivity index (χ2n) is 5.07. The molecule has 1 saturated heterocycles. The Morgan fingerprint density at radius 1 is 1.48 bits per heavy atom. The molecule has 0 saturated carbocycles. The van der Waals surface area contributed by atoms with Gasteiger partial charge in [-0.05, 0) is 44.0 Å². The minimum Gasteiger partial charge on any atom is -0.465 e. The molecule has 1 unspecified atom stereocenters. The molecule has 1 aromatic rings. The molecule has 1 aromatic carbocycles. The van der Waals surface area contributed by atoms with Gasteiger partial charge in [-0.3, -0.25) is 0 Å². The minimum absolute atomic E-state index is 0.114. The van der Waals surface area contributed by atoms with Gasteiger partial charge in [0.2, 0.25) is 10.0 Å². The van der Waals surface area contributed by atoms with E-state index in [9.17, 15) is 13.2 Å². The maximum atomic E-state index is 12.4. The topological polar surface area (TPSA) is 84.5 Å². The zero-order valence-corrected chi connectivity index (χ0v) is 13.0. The van der Waals surface area contributed by atoms with E-state index in [4.69, 9.17) is 0 Å². The van der Waals surface area contributed by atoms with E-state index in [1.54, 1.807) is 19.1 Å². The van der Waals surface area contributed by atoms with Crippen LogP contribution in [0.2, 0.25) is 0 Å². The Hall–Kier alpha value is -1.44. The highest BCUT2D eigenvalue weighted by Gasteiger charge is 2.23. The highest BCUT2D eigenvalue weighted by molar-refractivity contribution is 7.89. The number of hydrogen-bond donors (Lipinski definition) is 2. The number of hydrogen-bond acceptors (Lipinski definition) is 5. The molecule has 0 spiro atoms. The van der Waals surface area contributed by atoms with Crippen molar-refractivity contribution < 1.29 is 17.9 Å². The molecule has 7 heteroatoms. The molecular weight excluding hydrogens is 292 g/mol. The monoisotopic (exact) mass is 312 g/mol. The van der Waals surface area contributed by atoms with Crippen LogP contribution in [-0.4, -0.2) is 40.6 Å². The third kappa shape index (κ3) is 3.61. The molecule has 0 aromatic heterocycles. The Morgan fingerprint density at radius 2 is 2.24 bits per heavy atom. The predicted molar refractivity (Wildman–Crippen MR) is 78.7 cm³/mol. The van der Waals surface area contributed by atoms with Crippen LogP contribution in [0.1, 0.15) is 28.8 Å². The van der Waals surface area contributed by atoms with Gasteiger partial charge in [-0.2, -0.15) is 0 Å². The fourth-order valence-electron chi connectivity index (χ4n) is 2.46. The van der Waals surface area contributed by atoms with Crippen molar-refractivity contribution in [2.45, 2.75) is 30.7 Å². The summed E-state index contributed by atoms with van der Waals surface area (Å²) >= 11 is 0. The van der Waals surface area contributed by atoms with E-state index < -0.39 is 16.0 Å². The number of methoxy groups -OCH3 is 1. The quantitative estimate of drug-likeness (QED) is 0.786. The van der Waals surface area contributed by atoms with Crippen LogP contribution in [0.25, 0.3) is 0 Å². The molecule has 1 atom stereocenters. The van der Waals surface area contributed by atoms with E-state index in [0.29, 0.717) is 12.1 Å². The summed E-state index contributed by atoms with van der Waals surface area (Å²) in [6.45, 7) is 2.88. The van der Waals surface area contributed by atoms with E-state index in [1.165, 1.54) is 13.2 Å². The van der Waals surface area contributed by atoms with Crippen molar-refractivity contribution in [2.24, 2.45) is 0 Å². The lowest BCUT2D eigenvalue weighted by Gasteiger charge is -2.14. The van der Waals surface area contributed by atoms with E-state index in [2.05, 4.69) is 14.8 Å². The first kappa shape index (κ1) is 15.9. The van der Waals surface area contributed by atoms with Crippen molar-refractivity contribution in [1.82, 2.24) is 10.0 Å². The Morgan fingerprint density at radius 3 is 2.86 bits per heavy atom. The Balaban J connectivity index is 2.21. The first-order valence-corrected chi connectivity index (χ1v) is 8.35. The molecular formula is C14H20N2O4S. The molecule has 2 rings (SSSR count). The lowest BCUT2D eigenvalue weighted by atomic mass is 10.1. The average molecular weight is 312 g/mol. The van der Waals surface area contributed by atoms with E-state index in [1.807, 2.05) is 0 Å². The maximum Gasteiger partial charge on any atom is 0.338 e. The number of carbonyl (C=O) groups excluding carboxylic acids is 1. The van der Waals surface area contributed by atoms with Crippen LogP contribution in [0.15, 0.2) is 23.1 Å². The summed E-state index contributed by atoms with van der Waals surface area (Å²) in [6, 6.07) is 4.76. The average Bonchev–Trinajstić information content (AvgIpc) is 2.98. The van der Waals surface area contributed by atoms with Gasteiger partial charge in [-0.25, -0.2) is 17.9 Å². The van der Waals surface area contributed by atoms with Crippen molar-refractivity contribution >= 4 is 16.0 Å². The van der Waals surface area contributed by atoms with Gasteiger partial charge in [-0.15, -0.1) is 0 Å². The molecule has 1 aliphatic heterocycles. The summed E-state index contributed by atoms with van der Waals surface area (Å²) in [5, 5.41) is 3.23. The Kier molecular flexibility index (Phi) is 4.97. The summed E-state index contributed by atoms with van der Waals surface area (Å²) in [5.41, 5.74) is 0.663. The largest absolute Gasteiger partial charge is 0.465 e. The van der Waals surface area contributed by atoms with Gasteiger partial charge in [0, 0.05) is 12.6 Å². The SMILES string of the molecule is COC(=O)c1cccc(S(=O)(=O)NCC2CCCN2)c1C. The van der Waals surface area contributed by atoms with Crippen LogP contribution < -0.4 is 10.0 Å². The number of ether oxygens (including phenoxy) is 1. The van der Waals surface area contributed by atoms with Crippen LogP contribution in [0.4, 0.5) is 0 Å². The fraction of sp³-hybridized carbons (Fsp3) is 0.500. The molecule has 21 heavy (non-hydrogen) atoms. The Bertz CT molecular complexity index is 622. The van der Waals surface area contributed by atoms with Crippen molar-refractivity contribution in [3.05, 3.63) is 29.3 Å². The molecule has 1 heterocycles. The highest BCUT2D eigenvalue weighted by atomic mass is 32.2. The highest BCUT2D eigenvalue weighted by Crippen LogP contribution is 2.19. The molecule has 0 radical (unpaired) electrons. The molecule has 0 bridgehead atoms.